The van der Waals surface area contributed by atoms with E-state index >= 15 is 0 Å². The Labute approximate surface area is 211 Å². The number of carboxylic acid groups (broad SMARTS) is 1. The quantitative estimate of drug-likeness (QED) is 0.345. The summed E-state index contributed by atoms with van der Waals surface area (Å²) in [6, 6.07) is 8.78. The lowest BCUT2D eigenvalue weighted by Gasteiger charge is -2.33. The number of primary sulfonamides is 1. The van der Waals surface area contributed by atoms with Crippen LogP contribution in [0.25, 0.3) is 11.1 Å². The van der Waals surface area contributed by atoms with Crippen molar-refractivity contribution in [2.45, 2.75) is 62.9 Å². The second-order valence-corrected chi connectivity index (χ2v) is 11.3. The largest absolute Gasteiger partial charge is 0.486 e. The molecule has 0 spiro atoms. The fourth-order valence-electron chi connectivity index (χ4n) is 4.14. The number of carbonyl (C=O) groups is 2. The Morgan fingerprint density at radius 3 is 2.60 bits per heavy atom. The molecule has 0 aromatic heterocycles. The zero-order valence-electron chi connectivity index (χ0n) is 19.9. The maximum absolute atomic E-state index is 12.4. The van der Waals surface area contributed by atoms with E-state index < -0.39 is 21.7 Å². The van der Waals surface area contributed by atoms with Gasteiger partial charge in [0.05, 0.1) is 0 Å². The molecular formula is C25H31ClN2O6S. The minimum absolute atomic E-state index is 0.0540. The van der Waals surface area contributed by atoms with Crippen molar-refractivity contribution >= 4 is 34.0 Å². The molecule has 0 radical (unpaired) electrons. The predicted octanol–water partition coefficient (Wildman–Crippen LogP) is 4.65. The van der Waals surface area contributed by atoms with Crippen LogP contribution in [0.2, 0.25) is 5.02 Å². The third kappa shape index (κ3) is 6.96. The van der Waals surface area contributed by atoms with Crippen molar-refractivity contribution in [3.63, 3.8) is 0 Å². The van der Waals surface area contributed by atoms with Crippen LogP contribution < -0.4 is 9.88 Å². The molecule has 2 aromatic rings. The Bertz CT molecular complexity index is 1210. The third-order valence-corrected chi connectivity index (χ3v) is 7.40. The molecule has 0 atom stereocenters. The summed E-state index contributed by atoms with van der Waals surface area (Å²) in [6.45, 7) is 4.39. The van der Waals surface area contributed by atoms with E-state index in [9.17, 15) is 23.1 Å². The number of aldehydes is 1. The number of nitrogens with zero attached hydrogens (tertiary/aromatic N) is 1. The maximum Gasteiger partial charge on any atom is 0.407 e. The van der Waals surface area contributed by atoms with Gasteiger partial charge >= 0.3 is 6.09 Å². The molecule has 0 aliphatic carbocycles. The van der Waals surface area contributed by atoms with Crippen LogP contribution in [0.4, 0.5) is 4.79 Å². The summed E-state index contributed by atoms with van der Waals surface area (Å²) in [6.07, 6.45) is 3.21. The molecule has 0 saturated heterocycles. The zero-order chi connectivity index (χ0) is 25.8. The Morgan fingerprint density at radius 1 is 1.20 bits per heavy atom. The molecular weight excluding hydrogens is 492 g/mol. The van der Waals surface area contributed by atoms with E-state index in [0.717, 1.165) is 29.4 Å². The van der Waals surface area contributed by atoms with Gasteiger partial charge in [-0.1, -0.05) is 17.7 Å². The number of unbranched alkanes of at least 4 members (excludes halogenated alkanes) is 2. The monoisotopic (exact) mass is 522 g/mol. The van der Waals surface area contributed by atoms with Gasteiger partial charge in [0.25, 0.3) is 0 Å². The Morgan fingerprint density at radius 2 is 1.94 bits per heavy atom. The van der Waals surface area contributed by atoms with E-state index in [1.165, 1.54) is 11.0 Å². The number of ether oxygens (including phenoxy) is 1. The van der Waals surface area contributed by atoms with Gasteiger partial charge in [0, 0.05) is 24.5 Å². The minimum atomic E-state index is -4.03. The van der Waals surface area contributed by atoms with Crippen LogP contribution in [0.5, 0.6) is 5.75 Å². The lowest BCUT2D eigenvalue weighted by atomic mass is 9.91. The summed E-state index contributed by atoms with van der Waals surface area (Å²) < 4.78 is 30.8. The smallest absolute Gasteiger partial charge is 0.407 e. The van der Waals surface area contributed by atoms with Crippen LogP contribution in [0.3, 0.4) is 0 Å². The highest BCUT2D eigenvalue weighted by Crippen LogP contribution is 2.41. The summed E-state index contributed by atoms with van der Waals surface area (Å²) >= 11 is 6.40. The van der Waals surface area contributed by atoms with Crippen molar-refractivity contribution in [3.8, 4) is 16.9 Å². The number of benzene rings is 2. The van der Waals surface area contributed by atoms with Crippen molar-refractivity contribution < 1.29 is 27.9 Å². The second-order valence-electron chi connectivity index (χ2n) is 9.36. The highest BCUT2D eigenvalue weighted by atomic mass is 35.5. The summed E-state index contributed by atoms with van der Waals surface area (Å²) in [5.41, 5.74) is 2.43. The molecule has 1 aliphatic heterocycles. The van der Waals surface area contributed by atoms with E-state index in [2.05, 4.69) is 0 Å². The molecule has 0 saturated carbocycles. The highest BCUT2D eigenvalue weighted by Gasteiger charge is 2.31. The number of halogens is 1. The van der Waals surface area contributed by atoms with Crippen molar-refractivity contribution in [2.75, 3.05) is 13.1 Å². The van der Waals surface area contributed by atoms with Crippen molar-refractivity contribution in [3.05, 3.63) is 46.5 Å². The molecule has 1 aliphatic rings. The topological polar surface area (TPSA) is 127 Å². The highest BCUT2D eigenvalue weighted by molar-refractivity contribution is 7.89. The average molecular weight is 523 g/mol. The molecule has 0 unspecified atom stereocenters. The first-order valence-electron chi connectivity index (χ1n) is 11.5. The van der Waals surface area contributed by atoms with Gasteiger partial charge in [0.15, 0.2) is 0 Å². The van der Waals surface area contributed by atoms with Gasteiger partial charge in [-0.3, -0.25) is 0 Å². The van der Waals surface area contributed by atoms with E-state index in [4.69, 9.17) is 21.5 Å². The number of carbonyl (C=O) groups excluding carboxylic acids is 1. The fourth-order valence-corrected chi connectivity index (χ4v) is 5.07. The van der Waals surface area contributed by atoms with Crippen LogP contribution in [-0.4, -0.2) is 49.5 Å². The SMILES string of the molecule is CC1(C)CCc2cc(-c3ccc(Cl)c(CCN(CCCCC=O)C(=O)O)c3)cc(S(N)(=O)=O)c2O1. The van der Waals surface area contributed by atoms with Gasteiger partial charge in [-0.2, -0.15) is 0 Å². The summed E-state index contributed by atoms with van der Waals surface area (Å²) in [4.78, 5) is 23.3. The van der Waals surface area contributed by atoms with E-state index in [1.807, 2.05) is 26.0 Å². The minimum Gasteiger partial charge on any atom is -0.486 e. The number of nitrogens with two attached hydrogens (primary N) is 1. The summed E-state index contributed by atoms with van der Waals surface area (Å²) in [5, 5.41) is 15.5. The van der Waals surface area contributed by atoms with Crippen molar-refractivity contribution in [2.24, 2.45) is 5.14 Å². The van der Waals surface area contributed by atoms with Gasteiger partial charge in [0.1, 0.15) is 22.5 Å². The molecule has 3 N–H and O–H groups in total. The van der Waals surface area contributed by atoms with Crippen molar-refractivity contribution in [1.82, 2.24) is 4.90 Å². The van der Waals surface area contributed by atoms with E-state index in [1.54, 1.807) is 12.1 Å². The van der Waals surface area contributed by atoms with Crippen LogP contribution >= 0.6 is 11.6 Å². The van der Waals surface area contributed by atoms with Crippen molar-refractivity contribution in [1.29, 1.82) is 0 Å². The number of hydrogen-bond acceptors (Lipinski definition) is 5. The maximum atomic E-state index is 12.4. The molecule has 3 rings (SSSR count). The Hall–Kier alpha value is -2.62. The van der Waals surface area contributed by atoms with Gasteiger partial charge in [-0.15, -0.1) is 0 Å². The Kier molecular flexibility index (Phi) is 8.46. The molecule has 10 heteroatoms. The van der Waals surface area contributed by atoms with E-state index in [0.29, 0.717) is 55.0 Å². The lowest BCUT2D eigenvalue weighted by molar-refractivity contribution is -0.107. The standard InChI is InChI=1S/C25H31ClN2O6S/c1-25(2)10-8-19-15-20(16-22(23(19)34-25)35(27,32)33)17-6-7-21(26)18(14-17)9-12-28(24(30)31)11-4-3-5-13-29/h6-7,13-16H,3-5,8-12H2,1-2H3,(H,30,31)(H2,27,32,33). The van der Waals surface area contributed by atoms with Gasteiger partial charge in [0.2, 0.25) is 10.0 Å². The van der Waals surface area contributed by atoms with E-state index in [-0.39, 0.29) is 11.4 Å². The average Bonchev–Trinajstić information content (AvgIpc) is 2.77. The first-order valence-corrected chi connectivity index (χ1v) is 13.4. The number of aryl methyl sites for hydroxylation is 1. The van der Waals surface area contributed by atoms with Gasteiger partial charge in [-0.25, -0.2) is 18.4 Å². The number of sulfonamides is 1. The lowest BCUT2D eigenvalue weighted by Crippen LogP contribution is -2.34. The first-order chi connectivity index (χ1) is 16.4. The van der Waals surface area contributed by atoms with Crippen LogP contribution in [0, 0.1) is 0 Å². The molecule has 35 heavy (non-hydrogen) atoms. The number of amides is 1. The van der Waals surface area contributed by atoms with Crippen LogP contribution in [-0.2, 0) is 27.7 Å². The van der Waals surface area contributed by atoms with Crippen LogP contribution in [0.1, 0.15) is 50.7 Å². The molecule has 0 fully saturated rings. The van der Waals surface area contributed by atoms with Crippen LogP contribution in [0.15, 0.2) is 35.2 Å². The summed E-state index contributed by atoms with van der Waals surface area (Å²) in [5.74, 6) is 0.299. The molecule has 2 aromatic carbocycles. The molecule has 190 valence electrons. The first kappa shape index (κ1) is 27.0. The fraction of sp³-hybridized carbons (Fsp3) is 0.440. The van der Waals surface area contributed by atoms with Gasteiger partial charge in [-0.05, 0) is 92.5 Å². The normalized spacial score (nSPS) is 14.6. The number of rotatable bonds is 10. The predicted molar refractivity (Wildman–Crippen MR) is 135 cm³/mol. The zero-order valence-corrected chi connectivity index (χ0v) is 21.5. The molecule has 8 nitrogen and oxygen atoms in total. The third-order valence-electron chi connectivity index (χ3n) is 6.11. The van der Waals surface area contributed by atoms with Gasteiger partial charge < -0.3 is 19.5 Å². The number of hydrogen-bond donors (Lipinski definition) is 2. The molecule has 0 bridgehead atoms. The second kappa shape index (κ2) is 11.0. The number of fused-ring (bicyclic) bond motifs is 1. The molecule has 1 heterocycles. The Balaban J connectivity index is 1.89. The molecule has 1 amide bonds. The summed E-state index contributed by atoms with van der Waals surface area (Å²) in [7, 11) is -4.03.